The number of nitrogens with two attached hydrogens (primary N) is 1. The number of aromatic nitrogens is 1. The molecule has 0 fully saturated rings. The molecule has 0 bridgehead atoms. The van der Waals surface area contributed by atoms with Gasteiger partial charge >= 0.3 is 5.97 Å². The van der Waals surface area contributed by atoms with Crippen molar-refractivity contribution >= 4 is 52.1 Å². The minimum absolute atomic E-state index is 0.0166. The average molecular weight is 591 g/mol. The zero-order valence-corrected chi connectivity index (χ0v) is 22.5. The Balaban J connectivity index is 1.83. The molecule has 1 atom stereocenters. The summed E-state index contributed by atoms with van der Waals surface area (Å²) >= 11 is 0.801. The second kappa shape index (κ2) is 11.2. The van der Waals surface area contributed by atoms with Crippen LogP contribution >= 0.6 is 11.3 Å². The van der Waals surface area contributed by atoms with Gasteiger partial charge in [-0.2, -0.15) is 0 Å². The van der Waals surface area contributed by atoms with E-state index in [1.807, 2.05) is 0 Å². The number of non-ortho nitro benzene ring substituents is 1. The molecule has 42 heavy (non-hydrogen) atoms. The van der Waals surface area contributed by atoms with Crippen LogP contribution in [0.2, 0.25) is 0 Å². The summed E-state index contributed by atoms with van der Waals surface area (Å²) in [6.45, 7) is 0. The van der Waals surface area contributed by atoms with Crippen LogP contribution in [0.1, 0.15) is 17.0 Å². The molecule has 13 heteroatoms. The van der Waals surface area contributed by atoms with E-state index in [0.29, 0.717) is 0 Å². The number of fused-ring (bicyclic) bond motifs is 1. The normalized spacial score (nSPS) is 14.9. The summed E-state index contributed by atoms with van der Waals surface area (Å²) < 4.78 is 35.6. The van der Waals surface area contributed by atoms with Gasteiger partial charge in [0.1, 0.15) is 22.1 Å². The number of methoxy groups -OCH3 is 1. The third-order valence-corrected chi connectivity index (χ3v) is 7.65. The largest absolute Gasteiger partial charge is 0.466 e. The molecule has 5 rings (SSSR count). The highest BCUT2D eigenvalue weighted by Gasteiger charge is 2.40. The van der Waals surface area contributed by atoms with Gasteiger partial charge < -0.3 is 15.8 Å². The minimum atomic E-state index is -1.42. The Bertz CT molecular complexity index is 1980. The first-order chi connectivity index (χ1) is 20.1. The predicted octanol–water partition coefficient (Wildman–Crippen LogP) is 2.81. The van der Waals surface area contributed by atoms with Crippen LogP contribution in [0.3, 0.4) is 0 Å². The van der Waals surface area contributed by atoms with Crippen LogP contribution in [-0.4, -0.2) is 28.5 Å². The van der Waals surface area contributed by atoms with Gasteiger partial charge in [-0.1, -0.05) is 36.4 Å². The van der Waals surface area contributed by atoms with Crippen LogP contribution in [0, 0.1) is 21.7 Å². The highest BCUT2D eigenvalue weighted by Crippen LogP contribution is 2.38. The number of anilines is 1. The summed E-state index contributed by atoms with van der Waals surface area (Å²) in [5.41, 5.74) is 4.97. The Labute approximate surface area is 239 Å². The molecule has 3 N–H and O–H groups in total. The monoisotopic (exact) mass is 590 g/mol. The molecule has 1 unspecified atom stereocenters. The van der Waals surface area contributed by atoms with Gasteiger partial charge in [-0.05, 0) is 30.3 Å². The average Bonchev–Trinajstić information content (AvgIpc) is 3.29. The van der Waals surface area contributed by atoms with Crippen molar-refractivity contribution in [3.05, 3.63) is 131 Å². The number of rotatable bonds is 6. The van der Waals surface area contributed by atoms with Crippen molar-refractivity contribution in [1.29, 1.82) is 0 Å². The molecular formula is C29H20F2N4O6S. The number of nitrogens with zero attached hydrogens (tertiary/aromatic N) is 2. The molecule has 0 aliphatic carbocycles. The summed E-state index contributed by atoms with van der Waals surface area (Å²) in [6.07, 6.45) is 1.28. The molecule has 10 nitrogen and oxygen atoms in total. The summed E-state index contributed by atoms with van der Waals surface area (Å²) in [7, 11) is 1.07. The summed E-state index contributed by atoms with van der Waals surface area (Å²) in [5, 5.41) is 13.7. The number of halogens is 2. The molecule has 1 amide bonds. The second-order valence-electron chi connectivity index (χ2n) is 8.99. The zero-order chi connectivity index (χ0) is 30.1. The molecule has 0 spiro atoms. The van der Waals surface area contributed by atoms with Crippen molar-refractivity contribution in [1.82, 2.24) is 4.57 Å². The summed E-state index contributed by atoms with van der Waals surface area (Å²) in [5.74, 6) is -5.02. The maximum atomic E-state index is 15.3. The van der Waals surface area contributed by atoms with Crippen LogP contribution in [0.15, 0.2) is 83.2 Å². The highest BCUT2D eigenvalue weighted by molar-refractivity contribution is 7.07. The van der Waals surface area contributed by atoms with Gasteiger partial charge in [-0.25, -0.2) is 13.6 Å². The van der Waals surface area contributed by atoms with E-state index in [9.17, 15) is 28.9 Å². The van der Waals surface area contributed by atoms with E-state index in [1.54, 1.807) is 6.07 Å². The van der Waals surface area contributed by atoms with Gasteiger partial charge in [0.05, 0.1) is 33.6 Å². The molecule has 1 aromatic heterocycles. The van der Waals surface area contributed by atoms with Gasteiger partial charge in [-0.15, -0.1) is 11.3 Å². The van der Waals surface area contributed by atoms with Gasteiger partial charge in [-0.3, -0.25) is 24.3 Å². The third-order valence-electron chi connectivity index (χ3n) is 6.54. The number of amides is 1. The number of carbonyl (C=O) groups excluding carboxylic acids is 2. The number of nitrogens with one attached hydrogen (secondary N) is 1. The number of hydrogen-bond donors (Lipinski definition) is 2. The van der Waals surface area contributed by atoms with E-state index in [-0.39, 0.29) is 48.7 Å². The van der Waals surface area contributed by atoms with Crippen LogP contribution in [0.5, 0.6) is 0 Å². The maximum Gasteiger partial charge on any atom is 0.338 e. The van der Waals surface area contributed by atoms with Crippen LogP contribution in [0.4, 0.5) is 20.2 Å². The molecule has 1 aliphatic rings. The van der Waals surface area contributed by atoms with Crippen molar-refractivity contribution < 1.29 is 28.0 Å². The molecule has 212 valence electrons. The van der Waals surface area contributed by atoms with Gasteiger partial charge in [0.25, 0.3) is 17.2 Å². The number of esters is 1. The van der Waals surface area contributed by atoms with Crippen molar-refractivity contribution in [2.75, 3.05) is 12.4 Å². The number of hydrogen-bond acceptors (Lipinski definition) is 8. The standard InChI is InChI=1S/C29H20F2N4O6S/c1-41-29(38)23-22(18-7-3-5-9-20(18)31)24(26(36)33-16-10-12-17(13-11-16)35(39)40)28-34(25(23)32)27(37)21(42-28)14-15-6-2-4-8-19(15)30/h2-14,22H,32H2,1H3,(H,33,36)/b21-14+. The lowest BCUT2D eigenvalue weighted by atomic mass is 9.82. The van der Waals surface area contributed by atoms with E-state index in [1.165, 1.54) is 66.7 Å². The number of nitro benzene ring substituents is 1. The molecule has 1 aliphatic heterocycles. The number of nitro groups is 1. The van der Waals surface area contributed by atoms with Crippen molar-refractivity contribution in [3.63, 3.8) is 0 Å². The first kappa shape index (κ1) is 28.1. The molecule has 0 radical (unpaired) electrons. The Kier molecular flexibility index (Phi) is 7.51. The summed E-state index contributed by atoms with van der Waals surface area (Å²) in [6, 6.07) is 16.1. The first-order valence-electron chi connectivity index (χ1n) is 12.2. The van der Waals surface area contributed by atoms with Crippen molar-refractivity contribution in [2.45, 2.75) is 5.92 Å². The number of thiazole rings is 1. The Morgan fingerprint density at radius 1 is 1.02 bits per heavy atom. The Morgan fingerprint density at radius 2 is 1.67 bits per heavy atom. The highest BCUT2D eigenvalue weighted by atomic mass is 32.1. The van der Waals surface area contributed by atoms with Crippen molar-refractivity contribution in [2.24, 2.45) is 5.73 Å². The number of ether oxygens (including phenoxy) is 1. The van der Waals surface area contributed by atoms with Gasteiger partial charge in [0.15, 0.2) is 0 Å². The van der Waals surface area contributed by atoms with Gasteiger partial charge in [0, 0.05) is 28.9 Å². The molecule has 2 heterocycles. The van der Waals surface area contributed by atoms with E-state index in [2.05, 4.69) is 5.32 Å². The third kappa shape index (κ3) is 4.97. The van der Waals surface area contributed by atoms with E-state index >= 15 is 4.39 Å². The fraction of sp³-hybridized carbons (Fsp3) is 0.0690. The van der Waals surface area contributed by atoms with Crippen LogP contribution in [-0.2, 0) is 14.3 Å². The lowest BCUT2D eigenvalue weighted by molar-refractivity contribution is -0.384. The lowest BCUT2D eigenvalue weighted by Crippen LogP contribution is -2.42. The lowest BCUT2D eigenvalue weighted by Gasteiger charge is -2.27. The first-order valence-corrected chi connectivity index (χ1v) is 13.0. The zero-order valence-electron chi connectivity index (χ0n) is 21.7. The summed E-state index contributed by atoms with van der Waals surface area (Å²) in [4.78, 5) is 51.1. The molecular weight excluding hydrogens is 570 g/mol. The second-order valence-corrected chi connectivity index (χ2v) is 10.0. The van der Waals surface area contributed by atoms with Crippen LogP contribution < -0.4 is 25.8 Å². The molecule has 0 saturated heterocycles. The van der Waals surface area contributed by atoms with Crippen LogP contribution in [0.25, 0.3) is 17.5 Å². The molecule has 4 aromatic rings. The molecule has 0 saturated carbocycles. The fourth-order valence-corrected chi connectivity index (χ4v) is 5.76. The quantitative estimate of drug-likeness (QED) is 0.199. The van der Waals surface area contributed by atoms with Gasteiger partial charge in [0.2, 0.25) is 0 Å². The predicted molar refractivity (Wildman–Crippen MR) is 151 cm³/mol. The smallest absolute Gasteiger partial charge is 0.338 e. The van der Waals surface area contributed by atoms with E-state index in [4.69, 9.17) is 10.5 Å². The minimum Gasteiger partial charge on any atom is -0.466 e. The Hall–Kier alpha value is -5.43. The number of carbonyl (C=O) groups is 2. The van der Waals surface area contributed by atoms with E-state index in [0.717, 1.165) is 29.1 Å². The fourth-order valence-electron chi connectivity index (χ4n) is 4.60. The maximum absolute atomic E-state index is 15.3. The SMILES string of the molecule is COC(=O)C1=C(N)n2c(s/c(=C/c3ccccc3F)c2=O)=C(C(=O)Nc2ccc([N+](=O)[O-])cc2)C1c1ccccc1F. The Morgan fingerprint density at radius 3 is 2.29 bits per heavy atom. The molecule has 3 aromatic carbocycles. The van der Waals surface area contributed by atoms with Crippen molar-refractivity contribution in [3.8, 4) is 0 Å². The topological polar surface area (TPSA) is 147 Å². The number of benzene rings is 3. The van der Waals surface area contributed by atoms with E-state index < -0.39 is 39.9 Å².